The van der Waals surface area contributed by atoms with Crippen LogP contribution < -0.4 is 14.8 Å². The van der Waals surface area contributed by atoms with E-state index in [0.29, 0.717) is 22.7 Å². The summed E-state index contributed by atoms with van der Waals surface area (Å²) >= 11 is 0. The highest BCUT2D eigenvalue weighted by Gasteiger charge is 2.32. The maximum atomic E-state index is 13.9. The number of rotatable bonds is 10. The molecule has 0 aliphatic carbocycles. The average molecular weight is 495 g/mol. The molecule has 0 saturated carbocycles. The van der Waals surface area contributed by atoms with Crippen molar-refractivity contribution < 1.29 is 19.1 Å². The molecule has 6 heteroatoms. The minimum absolute atomic E-state index is 0.159. The first-order valence-corrected chi connectivity index (χ1v) is 12.0. The van der Waals surface area contributed by atoms with E-state index in [1.165, 1.54) is 0 Å². The van der Waals surface area contributed by atoms with Crippen molar-refractivity contribution in [2.75, 3.05) is 19.5 Å². The minimum atomic E-state index is -0.895. The highest BCUT2D eigenvalue weighted by molar-refractivity contribution is 5.98. The van der Waals surface area contributed by atoms with Gasteiger partial charge in [-0.2, -0.15) is 0 Å². The predicted molar refractivity (Wildman–Crippen MR) is 144 cm³/mol. The van der Waals surface area contributed by atoms with Gasteiger partial charge in [-0.3, -0.25) is 9.59 Å². The van der Waals surface area contributed by atoms with Gasteiger partial charge in [0.15, 0.2) is 0 Å². The van der Waals surface area contributed by atoms with Crippen molar-refractivity contribution in [1.29, 1.82) is 0 Å². The Bertz CT molecular complexity index is 1310. The van der Waals surface area contributed by atoms with Crippen molar-refractivity contribution in [2.24, 2.45) is 0 Å². The van der Waals surface area contributed by atoms with Crippen LogP contribution in [-0.4, -0.2) is 30.9 Å². The summed E-state index contributed by atoms with van der Waals surface area (Å²) in [5, 5.41) is 2.99. The van der Waals surface area contributed by atoms with Gasteiger partial charge in [0, 0.05) is 12.2 Å². The van der Waals surface area contributed by atoms with Crippen LogP contribution in [0.15, 0.2) is 109 Å². The van der Waals surface area contributed by atoms with Gasteiger partial charge in [-0.1, -0.05) is 72.8 Å². The first kappa shape index (κ1) is 25.5. The number of carbonyl (C=O) groups is 2. The summed E-state index contributed by atoms with van der Waals surface area (Å²) in [6.07, 6.45) is 0.171. The Hall–Kier alpha value is -4.58. The molecular weight excluding hydrogens is 464 g/mol. The molecule has 0 radical (unpaired) electrons. The second-order valence-electron chi connectivity index (χ2n) is 8.57. The molecule has 4 aromatic rings. The van der Waals surface area contributed by atoms with E-state index < -0.39 is 6.04 Å². The number of amides is 2. The molecule has 6 nitrogen and oxygen atoms in total. The Kier molecular flexibility index (Phi) is 8.55. The lowest BCUT2D eigenvalue weighted by molar-refractivity contribution is -0.139. The van der Waals surface area contributed by atoms with E-state index in [1.807, 2.05) is 78.9 Å². The topological polar surface area (TPSA) is 67.9 Å². The molecule has 37 heavy (non-hydrogen) atoms. The van der Waals surface area contributed by atoms with Crippen LogP contribution in [0.2, 0.25) is 0 Å². The smallest absolute Gasteiger partial charge is 0.251 e. The van der Waals surface area contributed by atoms with Gasteiger partial charge in [0.2, 0.25) is 5.91 Å². The zero-order chi connectivity index (χ0) is 26.0. The number of benzene rings is 4. The molecule has 0 bridgehead atoms. The molecule has 0 aliphatic heterocycles. The summed E-state index contributed by atoms with van der Waals surface area (Å²) in [7, 11) is 3.17. The van der Waals surface area contributed by atoms with E-state index in [1.54, 1.807) is 49.5 Å². The third kappa shape index (κ3) is 6.76. The summed E-state index contributed by atoms with van der Waals surface area (Å²) in [5.74, 6) is 0.810. The molecule has 4 aromatic carbocycles. The third-order valence-corrected chi connectivity index (χ3v) is 6.04. The highest BCUT2D eigenvalue weighted by Crippen LogP contribution is 2.29. The van der Waals surface area contributed by atoms with Crippen molar-refractivity contribution in [3.05, 3.63) is 126 Å². The van der Waals surface area contributed by atoms with Crippen LogP contribution in [0.5, 0.6) is 11.5 Å². The van der Waals surface area contributed by atoms with Gasteiger partial charge in [0.25, 0.3) is 5.91 Å². The second kappa shape index (κ2) is 12.4. The summed E-state index contributed by atoms with van der Waals surface area (Å²) < 4.78 is 10.7. The fourth-order valence-corrected chi connectivity index (χ4v) is 4.15. The molecule has 188 valence electrons. The standard InChI is InChI=1S/C31H30N2O4/c1-36-27-18-16-26(17-19-27)32-31(35)30(25-14-9-15-28(21-25)37-2)33(22-24-12-7-4-8-13-24)29(34)20-23-10-5-3-6-11-23/h3-19,21,30H,20,22H2,1-2H3,(H,32,35). The molecule has 0 fully saturated rings. The largest absolute Gasteiger partial charge is 0.497 e. The van der Waals surface area contributed by atoms with Crippen molar-refractivity contribution >= 4 is 17.5 Å². The molecule has 1 unspecified atom stereocenters. The number of ether oxygens (including phenoxy) is 2. The van der Waals surface area contributed by atoms with Crippen molar-refractivity contribution in [2.45, 2.75) is 19.0 Å². The number of nitrogens with zero attached hydrogens (tertiary/aromatic N) is 1. The molecule has 1 atom stereocenters. The lowest BCUT2D eigenvalue weighted by Crippen LogP contribution is -2.41. The van der Waals surface area contributed by atoms with Crippen molar-refractivity contribution in [3.63, 3.8) is 0 Å². The van der Waals surface area contributed by atoms with E-state index >= 15 is 0 Å². The van der Waals surface area contributed by atoms with Crippen LogP contribution in [0.3, 0.4) is 0 Å². The Labute approximate surface area is 217 Å². The highest BCUT2D eigenvalue weighted by atomic mass is 16.5. The van der Waals surface area contributed by atoms with E-state index in [4.69, 9.17) is 9.47 Å². The monoisotopic (exact) mass is 494 g/mol. The molecule has 0 aliphatic rings. The van der Waals surface area contributed by atoms with E-state index in [2.05, 4.69) is 5.32 Å². The normalized spacial score (nSPS) is 11.3. The van der Waals surface area contributed by atoms with Crippen LogP contribution in [0.4, 0.5) is 5.69 Å². The number of nitrogens with one attached hydrogen (secondary N) is 1. The van der Waals surface area contributed by atoms with E-state index in [-0.39, 0.29) is 24.8 Å². The summed E-state index contributed by atoms with van der Waals surface area (Å²) in [6, 6.07) is 32.7. The van der Waals surface area contributed by atoms with Crippen LogP contribution >= 0.6 is 0 Å². The number of carbonyl (C=O) groups excluding carboxylic acids is 2. The molecular formula is C31H30N2O4. The lowest BCUT2D eigenvalue weighted by atomic mass is 10.0. The van der Waals surface area contributed by atoms with Crippen LogP contribution in [-0.2, 0) is 22.6 Å². The third-order valence-electron chi connectivity index (χ3n) is 6.04. The number of hydrogen-bond acceptors (Lipinski definition) is 4. The van der Waals surface area contributed by atoms with Gasteiger partial charge in [-0.25, -0.2) is 0 Å². The first-order valence-electron chi connectivity index (χ1n) is 12.0. The van der Waals surface area contributed by atoms with Crippen molar-refractivity contribution in [3.8, 4) is 11.5 Å². The van der Waals surface area contributed by atoms with Crippen LogP contribution in [0.25, 0.3) is 0 Å². The fraction of sp³-hybridized carbons (Fsp3) is 0.161. The van der Waals surface area contributed by atoms with Gasteiger partial charge in [0.1, 0.15) is 17.5 Å². The summed E-state index contributed by atoms with van der Waals surface area (Å²) in [6.45, 7) is 0.268. The Morgan fingerprint density at radius 3 is 1.97 bits per heavy atom. The summed E-state index contributed by atoms with van der Waals surface area (Å²) in [5.41, 5.74) is 3.07. The Balaban J connectivity index is 1.74. The van der Waals surface area contributed by atoms with E-state index in [0.717, 1.165) is 11.1 Å². The molecule has 1 N–H and O–H groups in total. The Morgan fingerprint density at radius 2 is 1.35 bits per heavy atom. The van der Waals surface area contributed by atoms with Gasteiger partial charge >= 0.3 is 0 Å². The number of hydrogen-bond donors (Lipinski definition) is 1. The predicted octanol–water partition coefficient (Wildman–Crippen LogP) is 5.66. The Morgan fingerprint density at radius 1 is 0.730 bits per heavy atom. The van der Waals surface area contributed by atoms with Gasteiger partial charge < -0.3 is 19.7 Å². The van der Waals surface area contributed by atoms with Gasteiger partial charge in [-0.15, -0.1) is 0 Å². The van der Waals surface area contributed by atoms with E-state index in [9.17, 15) is 9.59 Å². The second-order valence-corrected chi connectivity index (χ2v) is 8.57. The fourth-order valence-electron chi connectivity index (χ4n) is 4.15. The molecule has 0 heterocycles. The zero-order valence-electron chi connectivity index (χ0n) is 21.0. The molecule has 0 saturated heterocycles. The molecule has 0 aromatic heterocycles. The quantitative estimate of drug-likeness (QED) is 0.309. The lowest BCUT2D eigenvalue weighted by Gasteiger charge is -2.32. The number of anilines is 1. The average Bonchev–Trinajstić information content (AvgIpc) is 2.94. The van der Waals surface area contributed by atoms with Crippen molar-refractivity contribution in [1.82, 2.24) is 4.90 Å². The first-order chi connectivity index (χ1) is 18.1. The maximum Gasteiger partial charge on any atom is 0.251 e. The SMILES string of the molecule is COc1ccc(NC(=O)C(c2cccc(OC)c2)N(Cc2ccccc2)C(=O)Cc2ccccc2)cc1. The van der Waals surface area contributed by atoms with Crippen LogP contribution in [0, 0.1) is 0 Å². The summed E-state index contributed by atoms with van der Waals surface area (Å²) in [4.78, 5) is 29.3. The maximum absolute atomic E-state index is 13.9. The number of methoxy groups -OCH3 is 2. The minimum Gasteiger partial charge on any atom is -0.497 e. The molecule has 0 spiro atoms. The van der Waals surface area contributed by atoms with Gasteiger partial charge in [0.05, 0.1) is 20.6 Å². The molecule has 2 amide bonds. The van der Waals surface area contributed by atoms with Gasteiger partial charge in [-0.05, 0) is 53.1 Å². The zero-order valence-corrected chi connectivity index (χ0v) is 21.0. The van der Waals surface area contributed by atoms with Crippen LogP contribution in [0.1, 0.15) is 22.7 Å². The molecule has 4 rings (SSSR count).